The average molecular weight is 357 g/mol. The Kier molecular flexibility index (Phi) is 5.40. The SMILES string of the molecule is CC(=O)N1CCN(C(=O)c2cc(NCc3ccc(F)cc3)ncn2)CC1. The lowest BCUT2D eigenvalue weighted by Gasteiger charge is -2.34. The van der Waals surface area contributed by atoms with Crippen LogP contribution in [0, 0.1) is 5.82 Å². The van der Waals surface area contributed by atoms with E-state index in [1.165, 1.54) is 25.4 Å². The Hall–Kier alpha value is -3.03. The molecule has 0 bridgehead atoms. The Morgan fingerprint density at radius 3 is 2.38 bits per heavy atom. The second kappa shape index (κ2) is 7.90. The standard InChI is InChI=1S/C18H20FN5O2/c1-13(25)23-6-8-24(9-7-23)18(26)16-10-17(22-12-21-16)20-11-14-2-4-15(19)5-3-14/h2-5,10,12H,6-9,11H2,1H3,(H,20,21,22). The minimum absolute atomic E-state index is 0.0198. The number of piperazine rings is 1. The van der Waals surface area contributed by atoms with Crippen LogP contribution in [0.2, 0.25) is 0 Å². The van der Waals surface area contributed by atoms with Crippen molar-refractivity contribution in [3.05, 3.63) is 53.7 Å². The van der Waals surface area contributed by atoms with Crippen molar-refractivity contribution in [2.45, 2.75) is 13.5 Å². The van der Waals surface area contributed by atoms with E-state index in [0.717, 1.165) is 5.56 Å². The van der Waals surface area contributed by atoms with Gasteiger partial charge in [0.15, 0.2) is 0 Å². The molecule has 1 N–H and O–H groups in total. The van der Waals surface area contributed by atoms with Crippen molar-refractivity contribution in [3.63, 3.8) is 0 Å². The number of carbonyl (C=O) groups excluding carboxylic acids is 2. The third kappa shape index (κ3) is 4.33. The molecule has 1 aromatic heterocycles. The van der Waals surface area contributed by atoms with Gasteiger partial charge in [-0.05, 0) is 17.7 Å². The van der Waals surface area contributed by atoms with E-state index in [1.807, 2.05) is 0 Å². The zero-order valence-corrected chi connectivity index (χ0v) is 14.5. The minimum Gasteiger partial charge on any atom is -0.366 e. The summed E-state index contributed by atoms with van der Waals surface area (Å²) in [5, 5.41) is 3.10. The summed E-state index contributed by atoms with van der Waals surface area (Å²) >= 11 is 0. The first-order chi connectivity index (χ1) is 12.5. The van der Waals surface area contributed by atoms with E-state index in [2.05, 4.69) is 15.3 Å². The molecule has 1 fully saturated rings. The van der Waals surface area contributed by atoms with Crippen LogP contribution in [0.3, 0.4) is 0 Å². The van der Waals surface area contributed by atoms with E-state index in [-0.39, 0.29) is 17.6 Å². The smallest absolute Gasteiger partial charge is 0.272 e. The summed E-state index contributed by atoms with van der Waals surface area (Å²) in [7, 11) is 0. The zero-order valence-electron chi connectivity index (χ0n) is 14.5. The van der Waals surface area contributed by atoms with Gasteiger partial charge in [-0.3, -0.25) is 9.59 Å². The van der Waals surface area contributed by atoms with Gasteiger partial charge in [0, 0.05) is 45.7 Å². The molecule has 0 atom stereocenters. The molecule has 0 aliphatic carbocycles. The number of nitrogens with zero attached hydrogens (tertiary/aromatic N) is 4. The summed E-state index contributed by atoms with van der Waals surface area (Å²) in [6.07, 6.45) is 1.34. The second-order valence-electron chi connectivity index (χ2n) is 6.07. The molecule has 2 heterocycles. The fourth-order valence-electron chi connectivity index (χ4n) is 2.75. The van der Waals surface area contributed by atoms with E-state index in [1.54, 1.807) is 28.0 Å². The van der Waals surface area contributed by atoms with Crippen molar-refractivity contribution in [1.29, 1.82) is 0 Å². The fourth-order valence-corrected chi connectivity index (χ4v) is 2.75. The van der Waals surface area contributed by atoms with Crippen molar-refractivity contribution in [2.75, 3.05) is 31.5 Å². The third-order valence-corrected chi connectivity index (χ3v) is 4.29. The number of hydrogen-bond donors (Lipinski definition) is 1. The van der Waals surface area contributed by atoms with Crippen LogP contribution in [-0.4, -0.2) is 57.8 Å². The maximum atomic E-state index is 12.9. The Morgan fingerprint density at radius 1 is 1.08 bits per heavy atom. The molecule has 8 heteroatoms. The molecular formula is C18H20FN5O2. The highest BCUT2D eigenvalue weighted by Gasteiger charge is 2.24. The molecule has 26 heavy (non-hydrogen) atoms. The van der Waals surface area contributed by atoms with Gasteiger partial charge >= 0.3 is 0 Å². The molecule has 0 saturated carbocycles. The molecule has 136 valence electrons. The van der Waals surface area contributed by atoms with Crippen molar-refractivity contribution in [3.8, 4) is 0 Å². The van der Waals surface area contributed by atoms with Crippen molar-refractivity contribution < 1.29 is 14.0 Å². The first-order valence-electron chi connectivity index (χ1n) is 8.38. The first-order valence-corrected chi connectivity index (χ1v) is 8.38. The molecular weight excluding hydrogens is 337 g/mol. The normalized spacial score (nSPS) is 14.2. The van der Waals surface area contributed by atoms with E-state index in [4.69, 9.17) is 0 Å². The molecule has 2 amide bonds. The Bertz CT molecular complexity index is 788. The van der Waals surface area contributed by atoms with Gasteiger partial charge in [0.1, 0.15) is 23.7 Å². The van der Waals surface area contributed by atoms with Crippen LogP contribution in [0.5, 0.6) is 0 Å². The number of halogens is 1. The van der Waals surface area contributed by atoms with E-state index < -0.39 is 0 Å². The fraction of sp³-hybridized carbons (Fsp3) is 0.333. The van der Waals surface area contributed by atoms with Crippen molar-refractivity contribution in [2.24, 2.45) is 0 Å². The predicted octanol–water partition coefficient (Wildman–Crippen LogP) is 1.53. The van der Waals surface area contributed by atoms with Gasteiger partial charge in [-0.15, -0.1) is 0 Å². The number of benzene rings is 1. The maximum absolute atomic E-state index is 12.9. The van der Waals surface area contributed by atoms with Gasteiger partial charge in [-0.2, -0.15) is 0 Å². The quantitative estimate of drug-likeness (QED) is 0.898. The van der Waals surface area contributed by atoms with Crippen LogP contribution >= 0.6 is 0 Å². The van der Waals surface area contributed by atoms with Crippen molar-refractivity contribution >= 4 is 17.6 Å². The molecule has 1 aliphatic rings. The summed E-state index contributed by atoms with van der Waals surface area (Å²) < 4.78 is 12.9. The number of rotatable bonds is 4. The Morgan fingerprint density at radius 2 is 1.73 bits per heavy atom. The van der Waals surface area contributed by atoms with Gasteiger partial charge < -0.3 is 15.1 Å². The van der Waals surface area contributed by atoms with Crippen molar-refractivity contribution in [1.82, 2.24) is 19.8 Å². The van der Waals surface area contributed by atoms with Crippen LogP contribution in [0.15, 0.2) is 36.7 Å². The van der Waals surface area contributed by atoms with E-state index in [9.17, 15) is 14.0 Å². The third-order valence-electron chi connectivity index (χ3n) is 4.29. The molecule has 0 unspecified atom stereocenters. The topological polar surface area (TPSA) is 78.4 Å². The average Bonchev–Trinajstić information content (AvgIpc) is 2.67. The maximum Gasteiger partial charge on any atom is 0.272 e. The summed E-state index contributed by atoms with van der Waals surface area (Å²) in [5.41, 5.74) is 1.20. The molecule has 0 spiro atoms. The molecule has 1 aromatic carbocycles. The summed E-state index contributed by atoms with van der Waals surface area (Å²) in [6.45, 7) is 4.02. The lowest BCUT2D eigenvalue weighted by atomic mass is 10.2. The van der Waals surface area contributed by atoms with Gasteiger partial charge in [0.05, 0.1) is 0 Å². The highest BCUT2D eigenvalue weighted by molar-refractivity contribution is 5.93. The van der Waals surface area contributed by atoms with E-state index in [0.29, 0.717) is 44.2 Å². The largest absolute Gasteiger partial charge is 0.366 e. The monoisotopic (exact) mass is 357 g/mol. The summed E-state index contributed by atoms with van der Waals surface area (Å²) in [5.74, 6) is 0.0791. The van der Waals surface area contributed by atoms with Gasteiger partial charge in [-0.25, -0.2) is 14.4 Å². The Balaban J connectivity index is 1.60. The van der Waals surface area contributed by atoms with Gasteiger partial charge in [-0.1, -0.05) is 12.1 Å². The number of hydrogen-bond acceptors (Lipinski definition) is 5. The van der Waals surface area contributed by atoms with Crippen LogP contribution in [0.1, 0.15) is 23.0 Å². The first kappa shape index (κ1) is 17.8. The highest BCUT2D eigenvalue weighted by Crippen LogP contribution is 2.11. The molecule has 1 saturated heterocycles. The number of anilines is 1. The summed E-state index contributed by atoms with van der Waals surface area (Å²) in [4.78, 5) is 35.6. The molecule has 3 rings (SSSR count). The highest BCUT2D eigenvalue weighted by atomic mass is 19.1. The van der Waals surface area contributed by atoms with Crippen LogP contribution in [0.25, 0.3) is 0 Å². The number of nitrogens with one attached hydrogen (secondary N) is 1. The minimum atomic E-state index is -0.284. The lowest BCUT2D eigenvalue weighted by molar-refractivity contribution is -0.130. The van der Waals surface area contributed by atoms with Gasteiger partial charge in [0.25, 0.3) is 5.91 Å². The number of carbonyl (C=O) groups is 2. The zero-order chi connectivity index (χ0) is 18.5. The lowest BCUT2D eigenvalue weighted by Crippen LogP contribution is -2.50. The molecule has 7 nitrogen and oxygen atoms in total. The van der Waals surface area contributed by atoms with Crippen LogP contribution in [0.4, 0.5) is 10.2 Å². The summed E-state index contributed by atoms with van der Waals surface area (Å²) in [6, 6.07) is 7.76. The number of amides is 2. The molecule has 0 radical (unpaired) electrons. The van der Waals surface area contributed by atoms with Gasteiger partial charge in [0.2, 0.25) is 5.91 Å². The second-order valence-corrected chi connectivity index (χ2v) is 6.07. The molecule has 2 aromatic rings. The Labute approximate surface area is 150 Å². The number of aromatic nitrogens is 2. The van der Waals surface area contributed by atoms with Crippen LogP contribution in [-0.2, 0) is 11.3 Å². The van der Waals surface area contributed by atoms with Crippen LogP contribution < -0.4 is 5.32 Å². The predicted molar refractivity (Wildman–Crippen MR) is 93.9 cm³/mol. The van der Waals surface area contributed by atoms with E-state index >= 15 is 0 Å². The molecule has 1 aliphatic heterocycles.